The van der Waals surface area contributed by atoms with E-state index >= 15 is 0 Å². The van der Waals surface area contributed by atoms with Crippen LogP contribution in [0.5, 0.6) is 0 Å². The Morgan fingerprint density at radius 1 is 1.00 bits per heavy atom. The van der Waals surface area contributed by atoms with Crippen molar-refractivity contribution in [1.29, 1.82) is 0 Å². The van der Waals surface area contributed by atoms with Crippen LogP contribution in [-0.2, 0) is 0 Å². The predicted molar refractivity (Wildman–Crippen MR) is 130 cm³/mol. The molecule has 0 spiro atoms. The SMILES string of the molecule is C=CC[C@](C)(O)CC[C@@H](C)[C@H]1CC[C@H]2[C@@H]3CC[C@H]4C[C@@](C)(O)CC[C@]4(C)C3CC[C@]12C. The molecule has 1 unspecified atom stereocenters. The molecule has 0 saturated heterocycles. The van der Waals surface area contributed by atoms with E-state index in [0.717, 1.165) is 55.3 Å². The molecule has 10 atom stereocenters. The molecule has 0 heterocycles. The van der Waals surface area contributed by atoms with Gasteiger partial charge >= 0.3 is 0 Å². The Morgan fingerprint density at radius 3 is 2.42 bits per heavy atom. The summed E-state index contributed by atoms with van der Waals surface area (Å²) in [7, 11) is 0. The van der Waals surface area contributed by atoms with Gasteiger partial charge in [0.05, 0.1) is 11.2 Å². The number of hydrogen-bond acceptors (Lipinski definition) is 2. The molecule has 0 amide bonds. The molecule has 2 N–H and O–H groups in total. The Kier molecular flexibility index (Phi) is 6.26. The van der Waals surface area contributed by atoms with Crippen molar-refractivity contribution in [3.05, 3.63) is 12.7 Å². The van der Waals surface area contributed by atoms with Crippen LogP contribution in [0.4, 0.5) is 0 Å². The lowest BCUT2D eigenvalue weighted by molar-refractivity contribution is -0.148. The van der Waals surface area contributed by atoms with Crippen molar-refractivity contribution < 1.29 is 10.2 Å². The maximum Gasteiger partial charge on any atom is 0.0654 e. The number of fused-ring (bicyclic) bond motifs is 5. The Hall–Kier alpha value is -0.340. The van der Waals surface area contributed by atoms with Gasteiger partial charge in [0.25, 0.3) is 0 Å². The minimum Gasteiger partial charge on any atom is -0.390 e. The molecule has 4 rings (SSSR count). The maximum absolute atomic E-state index is 10.7. The minimum atomic E-state index is -0.595. The van der Waals surface area contributed by atoms with Gasteiger partial charge in [-0.2, -0.15) is 0 Å². The van der Waals surface area contributed by atoms with Crippen molar-refractivity contribution in [3.8, 4) is 0 Å². The molecule has 4 saturated carbocycles. The van der Waals surface area contributed by atoms with E-state index in [1.165, 1.54) is 44.9 Å². The summed E-state index contributed by atoms with van der Waals surface area (Å²) >= 11 is 0. The zero-order valence-electron chi connectivity index (χ0n) is 21.1. The lowest BCUT2D eigenvalue weighted by Crippen LogP contribution is -2.55. The molecule has 4 fully saturated rings. The van der Waals surface area contributed by atoms with Crippen molar-refractivity contribution in [3.63, 3.8) is 0 Å². The van der Waals surface area contributed by atoms with E-state index in [4.69, 9.17) is 0 Å². The third kappa shape index (κ3) is 4.18. The lowest BCUT2D eigenvalue weighted by Gasteiger charge is -2.62. The highest BCUT2D eigenvalue weighted by Crippen LogP contribution is 2.68. The van der Waals surface area contributed by atoms with Crippen LogP contribution in [0.3, 0.4) is 0 Å². The third-order valence-electron chi connectivity index (χ3n) is 11.4. The largest absolute Gasteiger partial charge is 0.390 e. The van der Waals surface area contributed by atoms with Crippen LogP contribution in [0, 0.1) is 46.3 Å². The van der Waals surface area contributed by atoms with E-state index < -0.39 is 11.2 Å². The number of aliphatic hydroxyl groups is 2. The van der Waals surface area contributed by atoms with Gasteiger partial charge in [-0.3, -0.25) is 0 Å². The Bertz CT molecular complexity index is 666. The zero-order valence-corrected chi connectivity index (χ0v) is 21.1. The lowest BCUT2D eigenvalue weighted by atomic mass is 9.43. The van der Waals surface area contributed by atoms with Gasteiger partial charge in [-0.15, -0.1) is 6.58 Å². The molecule has 0 bridgehead atoms. The Balaban J connectivity index is 1.46. The van der Waals surface area contributed by atoms with Gasteiger partial charge in [0.1, 0.15) is 0 Å². The summed E-state index contributed by atoms with van der Waals surface area (Å²) in [5.74, 6) is 4.92. The first-order valence-electron chi connectivity index (χ1n) is 13.5. The first-order chi connectivity index (χ1) is 14.4. The molecular weight excluding hydrogens is 380 g/mol. The average Bonchev–Trinajstić information content (AvgIpc) is 3.04. The van der Waals surface area contributed by atoms with E-state index in [0.29, 0.717) is 23.2 Å². The van der Waals surface area contributed by atoms with Crippen LogP contribution < -0.4 is 0 Å². The number of rotatable bonds is 6. The molecule has 0 aromatic heterocycles. The summed E-state index contributed by atoms with van der Waals surface area (Å²) in [6, 6.07) is 0. The molecule has 0 radical (unpaired) electrons. The first kappa shape index (κ1) is 23.8. The predicted octanol–water partition coefficient (Wildman–Crippen LogP) is 7.14. The standard InChI is InChI=1S/C29H50O2/c1-7-14-26(3,30)15-12-20(2)23-10-11-24-22-9-8-21-19-27(4,31)17-18-28(21,5)25(22)13-16-29(23,24)6/h7,20-25,30-31H,1,8-19H2,2-6H3/t20-,21+,22+,23-,24+,25?,26+,27+,28+,29-/m1/s1. The summed E-state index contributed by atoms with van der Waals surface area (Å²) < 4.78 is 0. The highest BCUT2D eigenvalue weighted by molar-refractivity contribution is 5.10. The van der Waals surface area contributed by atoms with Gasteiger partial charge in [-0.1, -0.05) is 26.8 Å². The summed E-state index contributed by atoms with van der Waals surface area (Å²) in [5, 5.41) is 21.4. The maximum atomic E-state index is 10.7. The highest BCUT2D eigenvalue weighted by atomic mass is 16.3. The van der Waals surface area contributed by atoms with E-state index in [1.807, 2.05) is 13.0 Å². The molecule has 2 nitrogen and oxygen atoms in total. The average molecular weight is 431 g/mol. The molecule has 2 heteroatoms. The third-order valence-corrected chi connectivity index (χ3v) is 11.4. The second-order valence-electron chi connectivity index (χ2n) is 13.6. The van der Waals surface area contributed by atoms with Gasteiger partial charge in [0, 0.05) is 0 Å². The summed E-state index contributed by atoms with van der Waals surface area (Å²) in [6.45, 7) is 15.6. The second kappa shape index (κ2) is 8.15. The quantitative estimate of drug-likeness (QED) is 0.440. The van der Waals surface area contributed by atoms with Gasteiger partial charge in [-0.05, 0) is 137 Å². The van der Waals surface area contributed by atoms with Gasteiger partial charge in [-0.25, -0.2) is 0 Å². The molecule has 4 aliphatic rings. The van der Waals surface area contributed by atoms with E-state index in [9.17, 15) is 10.2 Å². The number of hydrogen-bond donors (Lipinski definition) is 2. The Labute approximate surface area is 192 Å². The van der Waals surface area contributed by atoms with Crippen molar-refractivity contribution in [2.45, 2.75) is 123 Å². The zero-order chi connectivity index (χ0) is 22.7. The second-order valence-corrected chi connectivity index (χ2v) is 13.6. The van der Waals surface area contributed by atoms with E-state index in [-0.39, 0.29) is 0 Å². The van der Waals surface area contributed by atoms with Crippen molar-refractivity contribution in [1.82, 2.24) is 0 Å². The monoisotopic (exact) mass is 430 g/mol. The van der Waals surface area contributed by atoms with Crippen molar-refractivity contribution >= 4 is 0 Å². The summed E-state index contributed by atoms with van der Waals surface area (Å²) in [5.41, 5.74) is -0.0730. The normalized spacial score (nSPS) is 50.0. The highest BCUT2D eigenvalue weighted by Gasteiger charge is 2.61. The molecule has 0 aliphatic heterocycles. The van der Waals surface area contributed by atoms with Gasteiger partial charge in [0.2, 0.25) is 0 Å². The van der Waals surface area contributed by atoms with Gasteiger partial charge < -0.3 is 10.2 Å². The van der Waals surface area contributed by atoms with Crippen LogP contribution in [-0.4, -0.2) is 21.4 Å². The van der Waals surface area contributed by atoms with E-state index in [1.54, 1.807) is 0 Å². The van der Waals surface area contributed by atoms with Crippen LogP contribution in [0.2, 0.25) is 0 Å². The minimum absolute atomic E-state index is 0.430. The van der Waals surface area contributed by atoms with Crippen LogP contribution in [0.1, 0.15) is 112 Å². The molecule has 0 aromatic rings. The smallest absolute Gasteiger partial charge is 0.0654 e. The molecule has 31 heavy (non-hydrogen) atoms. The Morgan fingerprint density at radius 2 is 1.71 bits per heavy atom. The fourth-order valence-corrected chi connectivity index (χ4v) is 9.56. The van der Waals surface area contributed by atoms with Crippen LogP contribution in [0.15, 0.2) is 12.7 Å². The molecule has 178 valence electrons. The van der Waals surface area contributed by atoms with Crippen LogP contribution >= 0.6 is 0 Å². The fourth-order valence-electron chi connectivity index (χ4n) is 9.56. The molecule has 0 aromatic carbocycles. The fraction of sp³-hybridized carbons (Fsp3) is 0.931. The van der Waals surface area contributed by atoms with Crippen LogP contribution in [0.25, 0.3) is 0 Å². The van der Waals surface area contributed by atoms with Gasteiger partial charge in [0.15, 0.2) is 0 Å². The summed E-state index contributed by atoms with van der Waals surface area (Å²) in [4.78, 5) is 0. The first-order valence-corrected chi connectivity index (χ1v) is 13.5. The summed E-state index contributed by atoms with van der Waals surface area (Å²) in [6.07, 6.45) is 16.2. The van der Waals surface area contributed by atoms with E-state index in [2.05, 4.69) is 34.3 Å². The topological polar surface area (TPSA) is 40.5 Å². The molecule has 4 aliphatic carbocycles. The van der Waals surface area contributed by atoms with Crippen molar-refractivity contribution in [2.24, 2.45) is 46.3 Å². The van der Waals surface area contributed by atoms with Crippen molar-refractivity contribution in [2.75, 3.05) is 0 Å². The molecular formula is C29H50O2.